The zero-order valence-electron chi connectivity index (χ0n) is 17.0. The number of pyridine rings is 1. The molecule has 1 saturated carbocycles. The summed E-state index contributed by atoms with van der Waals surface area (Å²) < 4.78 is 13.7. The molecule has 0 spiro atoms. The smallest absolute Gasteiger partial charge is 0.254 e. The molecule has 0 radical (unpaired) electrons. The van der Waals surface area contributed by atoms with E-state index in [9.17, 15) is 9.18 Å². The van der Waals surface area contributed by atoms with E-state index in [1.54, 1.807) is 24.5 Å². The molecule has 0 bridgehead atoms. The second-order valence-corrected chi connectivity index (χ2v) is 8.47. The minimum atomic E-state index is -0.373. The molecule has 4 rings (SSSR count). The summed E-state index contributed by atoms with van der Waals surface area (Å²) in [6.07, 6.45) is 11.2. The van der Waals surface area contributed by atoms with Crippen LogP contribution in [0.3, 0.4) is 0 Å². The Labute approximate surface area is 172 Å². The molecule has 2 aliphatic rings. The summed E-state index contributed by atoms with van der Waals surface area (Å²) in [5.41, 5.74) is 1.41. The van der Waals surface area contributed by atoms with Crippen molar-refractivity contribution in [2.45, 2.75) is 51.1 Å². The number of carbonyl (C=O) groups excluding carboxylic acids is 1. The number of hydrogen-bond donors (Lipinski definition) is 0. The summed E-state index contributed by atoms with van der Waals surface area (Å²) in [4.78, 5) is 21.9. The number of nitrogens with zero attached hydrogens (tertiary/aromatic N) is 3. The summed E-state index contributed by atoms with van der Waals surface area (Å²) >= 11 is 0. The third kappa shape index (κ3) is 5.21. The van der Waals surface area contributed by atoms with Gasteiger partial charge in [-0.2, -0.15) is 0 Å². The van der Waals surface area contributed by atoms with Crippen molar-refractivity contribution in [2.75, 3.05) is 19.6 Å². The Morgan fingerprint density at radius 3 is 2.59 bits per heavy atom. The molecule has 29 heavy (non-hydrogen) atoms. The van der Waals surface area contributed by atoms with Crippen LogP contribution in [0.2, 0.25) is 0 Å². The predicted molar refractivity (Wildman–Crippen MR) is 112 cm³/mol. The van der Waals surface area contributed by atoms with E-state index >= 15 is 0 Å². The molecule has 154 valence electrons. The van der Waals surface area contributed by atoms with Crippen LogP contribution in [-0.2, 0) is 6.54 Å². The minimum absolute atomic E-state index is 0.105. The Hall–Kier alpha value is -2.27. The normalized spacial score (nSPS) is 18.8. The van der Waals surface area contributed by atoms with Gasteiger partial charge in [0.1, 0.15) is 5.82 Å². The lowest BCUT2D eigenvalue weighted by atomic mass is 9.94. The number of halogens is 1. The van der Waals surface area contributed by atoms with Crippen LogP contribution < -0.4 is 0 Å². The van der Waals surface area contributed by atoms with Crippen molar-refractivity contribution < 1.29 is 9.18 Å². The minimum Gasteiger partial charge on any atom is -0.334 e. The number of carbonyl (C=O) groups is 1. The third-order valence-electron chi connectivity index (χ3n) is 6.42. The molecule has 2 fully saturated rings. The van der Waals surface area contributed by atoms with Gasteiger partial charge in [-0.05, 0) is 74.5 Å². The van der Waals surface area contributed by atoms with E-state index in [0.717, 1.165) is 37.5 Å². The lowest BCUT2D eigenvalue weighted by Crippen LogP contribution is -2.43. The monoisotopic (exact) mass is 395 g/mol. The van der Waals surface area contributed by atoms with Gasteiger partial charge >= 0.3 is 0 Å². The number of rotatable bonds is 6. The number of likely N-dealkylation sites (tertiary alicyclic amines) is 1. The van der Waals surface area contributed by atoms with Crippen molar-refractivity contribution >= 4 is 5.91 Å². The Kier molecular flexibility index (Phi) is 6.55. The van der Waals surface area contributed by atoms with Crippen molar-refractivity contribution in [3.05, 3.63) is 65.7 Å². The molecule has 0 N–H and O–H groups in total. The van der Waals surface area contributed by atoms with E-state index in [2.05, 4.69) is 9.88 Å². The topological polar surface area (TPSA) is 36.4 Å². The highest BCUT2D eigenvalue weighted by atomic mass is 19.1. The van der Waals surface area contributed by atoms with E-state index in [-0.39, 0.29) is 11.7 Å². The van der Waals surface area contributed by atoms with Gasteiger partial charge in [0.2, 0.25) is 0 Å². The fourth-order valence-electron chi connectivity index (χ4n) is 4.82. The molecule has 1 aromatic carbocycles. The number of aromatic nitrogens is 1. The van der Waals surface area contributed by atoms with Gasteiger partial charge in [-0.1, -0.05) is 25.0 Å². The van der Waals surface area contributed by atoms with Crippen LogP contribution in [0.4, 0.5) is 4.39 Å². The van der Waals surface area contributed by atoms with Crippen LogP contribution in [0.15, 0.2) is 48.8 Å². The molecular formula is C24H30FN3O. The largest absolute Gasteiger partial charge is 0.334 e. The molecule has 1 aliphatic carbocycles. The molecular weight excluding hydrogens is 365 g/mol. The van der Waals surface area contributed by atoms with Gasteiger partial charge in [0.25, 0.3) is 5.91 Å². The van der Waals surface area contributed by atoms with E-state index in [0.29, 0.717) is 24.6 Å². The van der Waals surface area contributed by atoms with Gasteiger partial charge in [-0.3, -0.25) is 9.78 Å². The fraction of sp³-hybridized carbons (Fsp3) is 0.500. The molecule has 0 atom stereocenters. The summed E-state index contributed by atoms with van der Waals surface area (Å²) in [6, 6.07) is 10.7. The Balaban J connectivity index is 1.43. The lowest BCUT2D eigenvalue weighted by molar-refractivity contribution is 0.0649. The molecule has 1 aromatic heterocycles. The van der Waals surface area contributed by atoms with E-state index in [1.807, 2.05) is 17.0 Å². The summed E-state index contributed by atoms with van der Waals surface area (Å²) in [7, 11) is 0. The van der Waals surface area contributed by atoms with E-state index < -0.39 is 0 Å². The molecule has 2 heterocycles. The zero-order valence-corrected chi connectivity index (χ0v) is 17.0. The summed E-state index contributed by atoms with van der Waals surface area (Å²) in [6.45, 7) is 3.48. The van der Waals surface area contributed by atoms with Crippen LogP contribution in [-0.4, -0.2) is 46.4 Å². The summed E-state index contributed by atoms with van der Waals surface area (Å²) in [5.74, 6) is 0.00968. The summed E-state index contributed by atoms with van der Waals surface area (Å²) in [5, 5.41) is 0. The maximum Gasteiger partial charge on any atom is 0.254 e. The van der Waals surface area contributed by atoms with E-state index in [1.165, 1.54) is 37.8 Å². The van der Waals surface area contributed by atoms with Gasteiger partial charge < -0.3 is 9.80 Å². The maximum atomic E-state index is 13.7. The Morgan fingerprint density at radius 1 is 1.10 bits per heavy atom. The SMILES string of the molecule is O=C(c1cccc(F)c1)N(Cc1cccnc1)CC1CCN(C2CCCC2)CC1. The van der Waals surface area contributed by atoms with Crippen molar-refractivity contribution in [3.63, 3.8) is 0 Å². The van der Waals surface area contributed by atoms with Crippen LogP contribution in [0.1, 0.15) is 54.4 Å². The molecule has 2 aromatic rings. The first-order chi connectivity index (χ1) is 14.2. The first-order valence-corrected chi connectivity index (χ1v) is 10.9. The van der Waals surface area contributed by atoms with Gasteiger partial charge in [-0.15, -0.1) is 0 Å². The first-order valence-electron chi connectivity index (χ1n) is 10.9. The maximum absolute atomic E-state index is 13.7. The molecule has 1 amide bonds. The van der Waals surface area contributed by atoms with Gasteiger partial charge in [0.15, 0.2) is 0 Å². The van der Waals surface area contributed by atoms with Crippen molar-refractivity contribution in [1.29, 1.82) is 0 Å². The van der Waals surface area contributed by atoms with Crippen molar-refractivity contribution in [3.8, 4) is 0 Å². The molecule has 5 heteroatoms. The van der Waals surface area contributed by atoms with Gasteiger partial charge in [0.05, 0.1) is 0 Å². The van der Waals surface area contributed by atoms with Gasteiger partial charge in [0, 0.05) is 37.1 Å². The van der Waals surface area contributed by atoms with Crippen molar-refractivity contribution in [2.24, 2.45) is 5.92 Å². The second kappa shape index (κ2) is 9.49. The Morgan fingerprint density at radius 2 is 1.90 bits per heavy atom. The zero-order chi connectivity index (χ0) is 20.1. The van der Waals surface area contributed by atoms with Gasteiger partial charge in [-0.25, -0.2) is 4.39 Å². The standard InChI is InChI=1S/C24H30FN3O/c25-22-7-3-6-21(15-22)24(29)28(18-20-5-4-12-26-16-20)17-19-10-13-27(14-11-19)23-8-1-2-9-23/h3-7,12,15-16,19,23H,1-2,8-11,13-14,17-18H2. The van der Waals surface area contributed by atoms with Crippen molar-refractivity contribution in [1.82, 2.24) is 14.8 Å². The predicted octanol–water partition coefficient (Wildman–Crippen LogP) is 4.52. The van der Waals surface area contributed by atoms with Crippen LogP contribution in [0, 0.1) is 11.7 Å². The number of benzene rings is 1. The van der Waals surface area contributed by atoms with Crippen LogP contribution in [0.25, 0.3) is 0 Å². The fourth-order valence-corrected chi connectivity index (χ4v) is 4.82. The highest BCUT2D eigenvalue weighted by Crippen LogP contribution is 2.28. The average molecular weight is 396 g/mol. The quantitative estimate of drug-likeness (QED) is 0.722. The molecule has 0 unspecified atom stereocenters. The average Bonchev–Trinajstić information content (AvgIpc) is 3.29. The number of piperidine rings is 1. The number of hydrogen-bond acceptors (Lipinski definition) is 3. The van der Waals surface area contributed by atoms with Crippen LogP contribution in [0.5, 0.6) is 0 Å². The lowest BCUT2D eigenvalue weighted by Gasteiger charge is -2.38. The first kappa shape index (κ1) is 20.0. The van der Waals surface area contributed by atoms with E-state index in [4.69, 9.17) is 0 Å². The molecule has 1 saturated heterocycles. The Bertz CT molecular complexity index is 799. The number of amides is 1. The molecule has 1 aliphatic heterocycles. The highest BCUT2D eigenvalue weighted by molar-refractivity contribution is 5.94. The second-order valence-electron chi connectivity index (χ2n) is 8.47. The highest BCUT2D eigenvalue weighted by Gasteiger charge is 2.29. The third-order valence-corrected chi connectivity index (χ3v) is 6.42. The molecule has 4 nitrogen and oxygen atoms in total. The van der Waals surface area contributed by atoms with Crippen LogP contribution >= 0.6 is 0 Å².